The fourth-order valence-corrected chi connectivity index (χ4v) is 3.28. The van der Waals surface area contributed by atoms with E-state index < -0.39 is 0 Å². The second-order valence-corrected chi connectivity index (χ2v) is 5.31. The van der Waals surface area contributed by atoms with E-state index >= 15 is 0 Å². The van der Waals surface area contributed by atoms with Gasteiger partial charge in [-0.25, -0.2) is 0 Å². The number of fused-ring (bicyclic) bond motifs is 1. The quantitative estimate of drug-likeness (QED) is 0.786. The van der Waals surface area contributed by atoms with Crippen LogP contribution in [-0.2, 0) is 6.42 Å². The summed E-state index contributed by atoms with van der Waals surface area (Å²) in [5.41, 5.74) is 3.16. The minimum absolute atomic E-state index is 0.684. The second kappa shape index (κ2) is 5.68. The van der Waals surface area contributed by atoms with Crippen LogP contribution in [0.2, 0.25) is 0 Å². The fraction of sp³-hybridized carbons (Fsp3) is 0.625. The lowest BCUT2D eigenvalue weighted by molar-refractivity contribution is 0.307. The molecule has 2 rings (SSSR count). The van der Waals surface area contributed by atoms with Gasteiger partial charge in [-0.15, -0.1) is 0 Å². The average Bonchev–Trinajstić information content (AvgIpc) is 2.34. The Bertz CT molecular complexity index is 354. The first-order valence-corrected chi connectivity index (χ1v) is 7.05. The van der Waals surface area contributed by atoms with E-state index in [4.69, 9.17) is 0 Å². The van der Waals surface area contributed by atoms with Gasteiger partial charge in [-0.1, -0.05) is 51.0 Å². The molecule has 0 aliphatic heterocycles. The molecule has 1 heteroatoms. The molecule has 1 nitrogen and oxygen atoms in total. The Morgan fingerprint density at radius 1 is 1.24 bits per heavy atom. The standard InChI is InChI=1S/C16H25N/c1-4-12(5-2)16(17-3)11-14-10-13-8-6-7-9-15(13)14/h6-9,12,14,16-17H,4-5,10-11H2,1-3H3. The minimum atomic E-state index is 0.684. The molecule has 1 aromatic carbocycles. The first-order chi connectivity index (χ1) is 8.30. The first-order valence-electron chi connectivity index (χ1n) is 7.05. The number of nitrogens with one attached hydrogen (secondary N) is 1. The summed E-state index contributed by atoms with van der Waals surface area (Å²) in [6.45, 7) is 4.63. The lowest BCUT2D eigenvalue weighted by atomic mass is 9.72. The van der Waals surface area contributed by atoms with E-state index in [0.29, 0.717) is 6.04 Å². The van der Waals surface area contributed by atoms with Crippen molar-refractivity contribution < 1.29 is 0 Å². The van der Waals surface area contributed by atoms with Gasteiger partial charge in [0.25, 0.3) is 0 Å². The van der Waals surface area contributed by atoms with E-state index in [0.717, 1.165) is 11.8 Å². The summed E-state index contributed by atoms with van der Waals surface area (Å²) in [6.07, 6.45) is 5.17. The SMILES string of the molecule is CCC(CC)C(CC1Cc2ccccc21)NC. The molecule has 2 unspecified atom stereocenters. The van der Waals surface area contributed by atoms with Gasteiger partial charge >= 0.3 is 0 Å². The highest BCUT2D eigenvalue weighted by Crippen LogP contribution is 2.39. The Morgan fingerprint density at radius 3 is 2.53 bits per heavy atom. The van der Waals surface area contributed by atoms with Crippen molar-refractivity contribution in [2.24, 2.45) is 5.92 Å². The number of benzene rings is 1. The zero-order chi connectivity index (χ0) is 12.3. The molecule has 1 N–H and O–H groups in total. The monoisotopic (exact) mass is 231 g/mol. The Morgan fingerprint density at radius 2 is 1.94 bits per heavy atom. The highest BCUT2D eigenvalue weighted by molar-refractivity contribution is 5.39. The van der Waals surface area contributed by atoms with E-state index in [-0.39, 0.29) is 0 Å². The van der Waals surface area contributed by atoms with Crippen molar-refractivity contribution in [2.75, 3.05) is 7.05 Å². The first kappa shape index (κ1) is 12.6. The molecule has 17 heavy (non-hydrogen) atoms. The molecule has 1 aromatic rings. The average molecular weight is 231 g/mol. The van der Waals surface area contributed by atoms with Crippen LogP contribution < -0.4 is 5.32 Å². The Labute approximate surface area is 106 Å². The smallest absolute Gasteiger partial charge is 0.00980 e. The lowest BCUT2D eigenvalue weighted by Crippen LogP contribution is -2.36. The predicted octanol–water partition coefficient (Wildman–Crippen LogP) is 3.74. The molecule has 0 bridgehead atoms. The van der Waals surface area contributed by atoms with Gasteiger partial charge < -0.3 is 5.32 Å². The van der Waals surface area contributed by atoms with Crippen LogP contribution in [0.1, 0.15) is 50.2 Å². The molecule has 1 aliphatic carbocycles. The molecule has 0 heterocycles. The van der Waals surface area contributed by atoms with Crippen LogP contribution >= 0.6 is 0 Å². The topological polar surface area (TPSA) is 12.0 Å². The maximum Gasteiger partial charge on any atom is 0.00980 e. The maximum absolute atomic E-state index is 3.53. The van der Waals surface area contributed by atoms with Crippen molar-refractivity contribution in [1.82, 2.24) is 5.32 Å². The Kier molecular flexibility index (Phi) is 4.22. The third-order valence-electron chi connectivity index (χ3n) is 4.49. The highest BCUT2D eigenvalue weighted by atomic mass is 14.9. The highest BCUT2D eigenvalue weighted by Gasteiger charge is 2.29. The van der Waals surface area contributed by atoms with Crippen molar-refractivity contribution in [1.29, 1.82) is 0 Å². The van der Waals surface area contributed by atoms with Gasteiger partial charge in [-0.3, -0.25) is 0 Å². The molecule has 1 aliphatic rings. The molecule has 0 aromatic heterocycles. The maximum atomic E-state index is 3.53. The third-order valence-corrected chi connectivity index (χ3v) is 4.49. The Balaban J connectivity index is 1.98. The predicted molar refractivity (Wildman–Crippen MR) is 74.4 cm³/mol. The van der Waals surface area contributed by atoms with Gasteiger partial charge in [-0.2, -0.15) is 0 Å². The molecule has 0 saturated heterocycles. The zero-order valence-electron chi connectivity index (χ0n) is 11.4. The van der Waals surface area contributed by atoms with Crippen molar-refractivity contribution >= 4 is 0 Å². The lowest BCUT2D eigenvalue weighted by Gasteiger charge is -2.35. The molecule has 2 atom stereocenters. The van der Waals surface area contributed by atoms with E-state index in [1.807, 2.05) is 0 Å². The molecular formula is C16H25N. The molecular weight excluding hydrogens is 206 g/mol. The number of hydrogen-bond donors (Lipinski definition) is 1. The van der Waals surface area contributed by atoms with Gasteiger partial charge in [0, 0.05) is 6.04 Å². The van der Waals surface area contributed by atoms with Crippen molar-refractivity contribution in [3.05, 3.63) is 35.4 Å². The number of hydrogen-bond acceptors (Lipinski definition) is 1. The summed E-state index contributed by atoms with van der Waals surface area (Å²) < 4.78 is 0. The van der Waals surface area contributed by atoms with Gasteiger partial charge in [-0.05, 0) is 42.9 Å². The molecule has 0 amide bonds. The van der Waals surface area contributed by atoms with Crippen LogP contribution in [0.5, 0.6) is 0 Å². The van der Waals surface area contributed by atoms with Gasteiger partial charge in [0.2, 0.25) is 0 Å². The van der Waals surface area contributed by atoms with Crippen LogP contribution in [0.3, 0.4) is 0 Å². The minimum Gasteiger partial charge on any atom is -0.317 e. The van der Waals surface area contributed by atoms with E-state index in [2.05, 4.69) is 50.5 Å². The van der Waals surface area contributed by atoms with Gasteiger partial charge in [0.1, 0.15) is 0 Å². The summed E-state index contributed by atoms with van der Waals surface area (Å²) in [4.78, 5) is 0. The largest absolute Gasteiger partial charge is 0.317 e. The summed E-state index contributed by atoms with van der Waals surface area (Å²) in [7, 11) is 2.12. The van der Waals surface area contributed by atoms with Crippen molar-refractivity contribution in [2.45, 2.75) is 51.5 Å². The summed E-state index contributed by atoms with van der Waals surface area (Å²) in [5.74, 6) is 1.62. The molecule has 0 spiro atoms. The molecule has 0 saturated carbocycles. The van der Waals surface area contributed by atoms with Crippen molar-refractivity contribution in [3.63, 3.8) is 0 Å². The van der Waals surface area contributed by atoms with Crippen LogP contribution in [0, 0.1) is 5.92 Å². The van der Waals surface area contributed by atoms with Crippen LogP contribution in [0.4, 0.5) is 0 Å². The zero-order valence-corrected chi connectivity index (χ0v) is 11.4. The summed E-state index contributed by atoms with van der Waals surface area (Å²) in [5, 5.41) is 3.53. The molecule has 94 valence electrons. The van der Waals surface area contributed by atoms with Crippen molar-refractivity contribution in [3.8, 4) is 0 Å². The van der Waals surface area contributed by atoms with Gasteiger partial charge in [0.05, 0.1) is 0 Å². The molecule has 0 radical (unpaired) electrons. The van der Waals surface area contributed by atoms with Crippen LogP contribution in [0.15, 0.2) is 24.3 Å². The summed E-state index contributed by atoms with van der Waals surface area (Å²) >= 11 is 0. The molecule has 0 fully saturated rings. The van der Waals surface area contributed by atoms with E-state index in [1.165, 1.54) is 25.7 Å². The van der Waals surface area contributed by atoms with E-state index in [1.54, 1.807) is 11.1 Å². The third kappa shape index (κ3) is 2.55. The fourth-order valence-electron chi connectivity index (χ4n) is 3.28. The number of rotatable bonds is 6. The van der Waals surface area contributed by atoms with Crippen LogP contribution in [-0.4, -0.2) is 13.1 Å². The van der Waals surface area contributed by atoms with E-state index in [9.17, 15) is 0 Å². The summed E-state index contributed by atoms with van der Waals surface area (Å²) in [6, 6.07) is 9.60. The normalized spacial score (nSPS) is 19.9. The Hall–Kier alpha value is -0.820. The van der Waals surface area contributed by atoms with Crippen LogP contribution in [0.25, 0.3) is 0 Å². The van der Waals surface area contributed by atoms with Gasteiger partial charge in [0.15, 0.2) is 0 Å². The second-order valence-electron chi connectivity index (χ2n) is 5.31.